The smallest absolute Gasteiger partial charge is 0.243 e. The molecular formula is C12H16FNO5S. The van der Waals surface area contributed by atoms with Gasteiger partial charge in [0.05, 0.1) is 32.5 Å². The van der Waals surface area contributed by atoms with Crippen LogP contribution in [0.5, 0.6) is 0 Å². The topological polar surface area (TPSA) is 84.9 Å². The quantitative estimate of drug-likeness (QED) is 0.800. The first kappa shape index (κ1) is 15.3. The van der Waals surface area contributed by atoms with Crippen LogP contribution in [0.1, 0.15) is 5.56 Å². The molecule has 0 aromatic heterocycles. The molecule has 2 N–H and O–H groups in total. The maximum Gasteiger partial charge on any atom is 0.243 e. The lowest BCUT2D eigenvalue weighted by molar-refractivity contribution is -0.0847. The van der Waals surface area contributed by atoms with Crippen LogP contribution >= 0.6 is 0 Å². The Labute approximate surface area is 116 Å². The van der Waals surface area contributed by atoms with Crippen molar-refractivity contribution < 1.29 is 27.4 Å². The Morgan fingerprint density at radius 3 is 2.85 bits per heavy atom. The van der Waals surface area contributed by atoms with E-state index in [0.29, 0.717) is 25.4 Å². The molecule has 1 atom stereocenters. The minimum Gasteiger partial charge on any atom is -0.392 e. The van der Waals surface area contributed by atoms with Gasteiger partial charge in [-0.15, -0.1) is 0 Å². The summed E-state index contributed by atoms with van der Waals surface area (Å²) in [6, 6.07) is 3.45. The molecule has 2 rings (SSSR count). The molecule has 1 unspecified atom stereocenters. The van der Waals surface area contributed by atoms with Crippen LogP contribution in [0.2, 0.25) is 0 Å². The second-order valence-electron chi connectivity index (χ2n) is 4.34. The molecule has 1 aliphatic heterocycles. The van der Waals surface area contributed by atoms with Gasteiger partial charge < -0.3 is 14.6 Å². The highest BCUT2D eigenvalue weighted by Gasteiger charge is 2.22. The Morgan fingerprint density at radius 2 is 2.20 bits per heavy atom. The summed E-state index contributed by atoms with van der Waals surface area (Å²) in [5.41, 5.74) is 0.323. The van der Waals surface area contributed by atoms with Crippen LogP contribution in [-0.4, -0.2) is 46.0 Å². The number of halogens is 1. The number of ether oxygens (including phenoxy) is 2. The first-order chi connectivity index (χ1) is 9.53. The van der Waals surface area contributed by atoms with Crippen LogP contribution in [0.15, 0.2) is 23.1 Å². The molecule has 1 aromatic carbocycles. The van der Waals surface area contributed by atoms with Crippen molar-refractivity contribution in [3.63, 3.8) is 0 Å². The molecule has 0 aliphatic carbocycles. The number of nitrogens with one attached hydrogen (secondary N) is 1. The minimum absolute atomic E-state index is 0.00509. The van der Waals surface area contributed by atoms with Gasteiger partial charge in [-0.1, -0.05) is 6.07 Å². The van der Waals surface area contributed by atoms with E-state index in [9.17, 15) is 12.8 Å². The van der Waals surface area contributed by atoms with E-state index in [1.54, 1.807) is 0 Å². The van der Waals surface area contributed by atoms with Gasteiger partial charge >= 0.3 is 0 Å². The Bertz CT molecular complexity index is 557. The molecule has 1 aromatic rings. The highest BCUT2D eigenvalue weighted by atomic mass is 32.2. The molecule has 1 heterocycles. The molecule has 0 saturated carbocycles. The number of sulfonamides is 1. The van der Waals surface area contributed by atoms with Crippen molar-refractivity contribution in [1.29, 1.82) is 0 Å². The SMILES string of the molecule is O=S(=O)(NCC1COCCO1)c1cc(CO)ccc1F. The molecule has 0 amide bonds. The summed E-state index contributed by atoms with van der Waals surface area (Å²) in [7, 11) is -3.99. The monoisotopic (exact) mass is 305 g/mol. The molecule has 0 spiro atoms. The Hall–Kier alpha value is -1.06. The van der Waals surface area contributed by atoms with E-state index >= 15 is 0 Å². The van der Waals surface area contributed by atoms with Crippen LogP contribution in [-0.2, 0) is 26.1 Å². The average molecular weight is 305 g/mol. The highest BCUT2D eigenvalue weighted by Crippen LogP contribution is 2.16. The third-order valence-electron chi connectivity index (χ3n) is 2.85. The Balaban J connectivity index is 2.09. The van der Waals surface area contributed by atoms with Gasteiger partial charge in [0.1, 0.15) is 10.7 Å². The molecular weight excluding hydrogens is 289 g/mol. The molecule has 1 saturated heterocycles. The number of aliphatic hydroxyl groups is 1. The molecule has 1 fully saturated rings. The Kier molecular flexibility index (Phi) is 5.06. The van der Waals surface area contributed by atoms with Gasteiger partial charge in [0.2, 0.25) is 10.0 Å². The zero-order valence-electron chi connectivity index (χ0n) is 10.7. The van der Waals surface area contributed by atoms with Crippen molar-refractivity contribution in [2.45, 2.75) is 17.6 Å². The van der Waals surface area contributed by atoms with Gasteiger partial charge in [-0.25, -0.2) is 17.5 Å². The number of hydrogen-bond donors (Lipinski definition) is 2. The van der Waals surface area contributed by atoms with Crippen molar-refractivity contribution >= 4 is 10.0 Å². The third kappa shape index (κ3) is 3.74. The van der Waals surface area contributed by atoms with Crippen LogP contribution in [0, 0.1) is 5.82 Å². The number of rotatable bonds is 5. The van der Waals surface area contributed by atoms with E-state index in [1.165, 1.54) is 6.07 Å². The summed E-state index contributed by atoms with van der Waals surface area (Å²) in [4.78, 5) is -0.485. The lowest BCUT2D eigenvalue weighted by Gasteiger charge is -2.23. The van der Waals surface area contributed by atoms with Gasteiger partial charge in [0.25, 0.3) is 0 Å². The van der Waals surface area contributed by atoms with Crippen LogP contribution in [0.3, 0.4) is 0 Å². The van der Waals surface area contributed by atoms with Gasteiger partial charge in [0, 0.05) is 6.54 Å². The van der Waals surface area contributed by atoms with E-state index in [1.807, 2.05) is 0 Å². The Morgan fingerprint density at radius 1 is 1.40 bits per heavy atom. The van der Waals surface area contributed by atoms with Crippen LogP contribution in [0.4, 0.5) is 4.39 Å². The number of benzene rings is 1. The fourth-order valence-corrected chi connectivity index (χ4v) is 2.98. The molecule has 1 aliphatic rings. The zero-order chi connectivity index (χ0) is 14.6. The second kappa shape index (κ2) is 6.59. The number of aliphatic hydroxyl groups excluding tert-OH is 1. The summed E-state index contributed by atoms with van der Waals surface area (Å²) in [5.74, 6) is -0.865. The molecule has 0 radical (unpaired) electrons. The minimum atomic E-state index is -3.99. The van der Waals surface area contributed by atoms with Crippen molar-refractivity contribution in [2.75, 3.05) is 26.4 Å². The summed E-state index contributed by atoms with van der Waals surface area (Å²) < 4.78 is 50.4. The van der Waals surface area contributed by atoms with Crippen molar-refractivity contribution in [2.24, 2.45) is 0 Å². The van der Waals surface area contributed by atoms with Crippen LogP contribution < -0.4 is 4.72 Å². The fraction of sp³-hybridized carbons (Fsp3) is 0.500. The summed E-state index contributed by atoms with van der Waals surface area (Å²) in [5, 5.41) is 8.98. The average Bonchev–Trinajstić information content (AvgIpc) is 2.47. The highest BCUT2D eigenvalue weighted by molar-refractivity contribution is 7.89. The fourth-order valence-electron chi connectivity index (χ4n) is 1.79. The summed E-state index contributed by atoms with van der Waals surface area (Å²) in [6.45, 7) is 0.826. The van der Waals surface area contributed by atoms with Gasteiger partial charge in [0.15, 0.2) is 0 Å². The number of hydrogen-bond acceptors (Lipinski definition) is 5. The maximum absolute atomic E-state index is 13.6. The first-order valence-corrected chi connectivity index (χ1v) is 7.59. The predicted octanol–water partition coefficient (Wildman–Crippen LogP) is 0.0117. The lowest BCUT2D eigenvalue weighted by Crippen LogP contribution is -2.39. The lowest BCUT2D eigenvalue weighted by atomic mass is 10.2. The van der Waals surface area contributed by atoms with Crippen molar-refractivity contribution in [3.8, 4) is 0 Å². The molecule has 6 nitrogen and oxygen atoms in total. The molecule has 8 heteroatoms. The van der Waals surface area contributed by atoms with Gasteiger partial charge in [-0.05, 0) is 17.7 Å². The zero-order valence-corrected chi connectivity index (χ0v) is 11.5. The maximum atomic E-state index is 13.6. The van der Waals surface area contributed by atoms with Crippen molar-refractivity contribution in [3.05, 3.63) is 29.6 Å². The summed E-state index contributed by atoms with van der Waals surface area (Å²) in [6.07, 6.45) is -0.386. The van der Waals surface area contributed by atoms with E-state index in [4.69, 9.17) is 14.6 Å². The first-order valence-electron chi connectivity index (χ1n) is 6.11. The van der Waals surface area contributed by atoms with Gasteiger partial charge in [-0.2, -0.15) is 0 Å². The predicted molar refractivity (Wildman–Crippen MR) is 68.1 cm³/mol. The van der Waals surface area contributed by atoms with E-state index in [-0.39, 0.29) is 19.3 Å². The second-order valence-corrected chi connectivity index (χ2v) is 6.08. The molecule has 20 heavy (non-hydrogen) atoms. The molecule has 0 bridgehead atoms. The van der Waals surface area contributed by atoms with Crippen molar-refractivity contribution in [1.82, 2.24) is 4.72 Å². The summed E-state index contributed by atoms with van der Waals surface area (Å²) >= 11 is 0. The molecule has 112 valence electrons. The largest absolute Gasteiger partial charge is 0.392 e. The standard InChI is InChI=1S/C12H16FNO5S/c13-11-2-1-9(7-15)5-12(11)20(16,17)14-6-10-8-18-3-4-19-10/h1-2,5,10,14-15H,3-4,6-8H2. The van der Waals surface area contributed by atoms with E-state index < -0.39 is 20.7 Å². The van der Waals surface area contributed by atoms with E-state index in [0.717, 1.165) is 12.1 Å². The normalized spacial score (nSPS) is 20.0. The van der Waals surface area contributed by atoms with Gasteiger partial charge in [-0.3, -0.25) is 0 Å². The van der Waals surface area contributed by atoms with E-state index in [2.05, 4.69) is 4.72 Å². The van der Waals surface area contributed by atoms with Crippen LogP contribution in [0.25, 0.3) is 0 Å². The third-order valence-corrected chi connectivity index (χ3v) is 4.29.